The maximum atomic E-state index is 13.8. The van der Waals surface area contributed by atoms with E-state index in [1.54, 1.807) is 0 Å². The van der Waals surface area contributed by atoms with Gasteiger partial charge >= 0.3 is 0 Å². The quantitative estimate of drug-likeness (QED) is 0.840. The molecule has 0 heterocycles. The minimum Gasteiger partial charge on any atom is -0.354 e. The summed E-state index contributed by atoms with van der Waals surface area (Å²) in [5.74, 6) is -1.56. The molecule has 1 N–H and O–H groups in total. The van der Waals surface area contributed by atoms with Gasteiger partial charge in [-0.15, -0.1) is 11.6 Å². The molecule has 0 aliphatic heterocycles. The smallest absolute Gasteiger partial charge is 0.234 e. The van der Waals surface area contributed by atoms with E-state index >= 15 is 0 Å². The number of benzene rings is 1. The van der Waals surface area contributed by atoms with Crippen molar-refractivity contribution in [3.05, 3.63) is 35.4 Å². The lowest BCUT2D eigenvalue weighted by Gasteiger charge is -2.42. The second kappa shape index (κ2) is 5.22. The molecule has 1 aromatic carbocycles. The molecule has 1 aromatic rings. The molecule has 2 rings (SSSR count). The van der Waals surface area contributed by atoms with Crippen LogP contribution in [0.15, 0.2) is 18.2 Å². The standard InChI is InChI=1S/C13H14ClF2NO/c14-7-11(18)17-8-13(5-2-6-13)12-9(15)3-1-4-10(12)16/h1,3-4H,2,5-8H2,(H,17,18). The van der Waals surface area contributed by atoms with Crippen LogP contribution in [-0.4, -0.2) is 18.3 Å². The summed E-state index contributed by atoms with van der Waals surface area (Å²) < 4.78 is 27.6. The van der Waals surface area contributed by atoms with Gasteiger partial charge in [-0.1, -0.05) is 12.5 Å². The van der Waals surface area contributed by atoms with Gasteiger partial charge in [0.15, 0.2) is 0 Å². The molecule has 98 valence electrons. The summed E-state index contributed by atoms with van der Waals surface area (Å²) in [6.07, 6.45) is 2.26. The second-order valence-corrected chi connectivity index (χ2v) is 4.91. The number of hydrogen-bond acceptors (Lipinski definition) is 1. The number of carbonyl (C=O) groups is 1. The van der Waals surface area contributed by atoms with Crippen molar-refractivity contribution in [1.82, 2.24) is 5.32 Å². The molecule has 5 heteroatoms. The van der Waals surface area contributed by atoms with Crippen molar-refractivity contribution in [3.8, 4) is 0 Å². The zero-order chi connectivity index (χ0) is 13.2. The summed E-state index contributed by atoms with van der Waals surface area (Å²) in [6.45, 7) is 0.233. The highest BCUT2D eigenvalue weighted by Crippen LogP contribution is 2.45. The molecule has 0 aromatic heterocycles. The van der Waals surface area contributed by atoms with Gasteiger partial charge in [0.1, 0.15) is 17.5 Å². The van der Waals surface area contributed by atoms with Crippen LogP contribution in [0.5, 0.6) is 0 Å². The van der Waals surface area contributed by atoms with E-state index < -0.39 is 17.0 Å². The van der Waals surface area contributed by atoms with Crippen molar-refractivity contribution in [2.24, 2.45) is 0 Å². The van der Waals surface area contributed by atoms with Crippen molar-refractivity contribution < 1.29 is 13.6 Å². The van der Waals surface area contributed by atoms with Gasteiger partial charge in [0.05, 0.1) is 0 Å². The largest absolute Gasteiger partial charge is 0.354 e. The highest BCUT2D eigenvalue weighted by atomic mass is 35.5. The molecule has 0 atom stereocenters. The molecule has 1 saturated carbocycles. The fraction of sp³-hybridized carbons (Fsp3) is 0.462. The van der Waals surface area contributed by atoms with Crippen LogP contribution in [0, 0.1) is 11.6 Å². The SMILES string of the molecule is O=C(CCl)NCC1(c2c(F)cccc2F)CCC1. The third kappa shape index (κ3) is 2.34. The molecule has 0 saturated heterocycles. The summed E-state index contributed by atoms with van der Waals surface area (Å²) >= 11 is 5.39. The monoisotopic (exact) mass is 273 g/mol. The van der Waals surface area contributed by atoms with E-state index in [1.165, 1.54) is 18.2 Å². The van der Waals surface area contributed by atoms with E-state index in [1.807, 2.05) is 0 Å². The van der Waals surface area contributed by atoms with Crippen molar-refractivity contribution in [2.75, 3.05) is 12.4 Å². The summed E-state index contributed by atoms with van der Waals surface area (Å²) in [7, 11) is 0. The Morgan fingerprint density at radius 2 is 1.94 bits per heavy atom. The average Bonchev–Trinajstić information content (AvgIpc) is 2.30. The van der Waals surface area contributed by atoms with E-state index in [0.717, 1.165) is 6.42 Å². The number of nitrogens with one attached hydrogen (secondary N) is 1. The van der Waals surface area contributed by atoms with E-state index in [-0.39, 0.29) is 23.9 Å². The Balaban J connectivity index is 2.24. The predicted octanol–water partition coefficient (Wildman–Crippen LogP) is 2.74. The minimum absolute atomic E-state index is 0.0890. The minimum atomic E-state index is -0.614. The number of amides is 1. The zero-order valence-corrected chi connectivity index (χ0v) is 10.6. The number of hydrogen-bond donors (Lipinski definition) is 1. The highest BCUT2D eigenvalue weighted by molar-refractivity contribution is 6.27. The van der Waals surface area contributed by atoms with E-state index in [2.05, 4.69) is 5.32 Å². The topological polar surface area (TPSA) is 29.1 Å². The van der Waals surface area contributed by atoms with Crippen molar-refractivity contribution >= 4 is 17.5 Å². The van der Waals surface area contributed by atoms with Crippen LogP contribution >= 0.6 is 11.6 Å². The zero-order valence-electron chi connectivity index (χ0n) is 9.81. The molecule has 1 fully saturated rings. The van der Waals surface area contributed by atoms with Crippen LogP contribution in [0.2, 0.25) is 0 Å². The number of alkyl halides is 1. The fourth-order valence-electron chi connectivity index (χ4n) is 2.44. The Hall–Kier alpha value is -1.16. The first kappa shape index (κ1) is 13.3. The third-order valence-electron chi connectivity index (χ3n) is 3.55. The van der Waals surface area contributed by atoms with Crippen LogP contribution in [0.25, 0.3) is 0 Å². The third-order valence-corrected chi connectivity index (χ3v) is 3.79. The Morgan fingerprint density at radius 1 is 1.33 bits per heavy atom. The second-order valence-electron chi connectivity index (χ2n) is 4.64. The van der Waals surface area contributed by atoms with E-state index in [9.17, 15) is 13.6 Å². The summed E-state index contributed by atoms with van der Waals surface area (Å²) in [6, 6.07) is 3.85. The first-order valence-corrected chi connectivity index (χ1v) is 6.40. The molecule has 1 aliphatic carbocycles. The van der Waals surface area contributed by atoms with Gasteiger partial charge in [-0.25, -0.2) is 8.78 Å². The van der Waals surface area contributed by atoms with Gasteiger partial charge in [-0.3, -0.25) is 4.79 Å². The molecular weight excluding hydrogens is 260 g/mol. The highest BCUT2D eigenvalue weighted by Gasteiger charge is 2.42. The fourth-order valence-corrected chi connectivity index (χ4v) is 2.53. The Bertz CT molecular complexity index is 440. The van der Waals surface area contributed by atoms with Crippen LogP contribution in [0.1, 0.15) is 24.8 Å². The van der Waals surface area contributed by atoms with Gasteiger partial charge in [0, 0.05) is 17.5 Å². The Morgan fingerprint density at radius 3 is 2.39 bits per heavy atom. The number of rotatable bonds is 4. The number of carbonyl (C=O) groups excluding carboxylic acids is 1. The van der Waals surface area contributed by atoms with Gasteiger partial charge < -0.3 is 5.32 Å². The van der Waals surface area contributed by atoms with Gasteiger partial charge in [0.25, 0.3) is 0 Å². The number of halogens is 3. The molecule has 0 bridgehead atoms. The summed E-state index contributed by atoms with van der Waals surface area (Å²) in [5, 5.41) is 2.62. The first-order valence-electron chi connectivity index (χ1n) is 5.86. The molecule has 2 nitrogen and oxygen atoms in total. The van der Waals surface area contributed by atoms with Crippen molar-refractivity contribution in [2.45, 2.75) is 24.7 Å². The van der Waals surface area contributed by atoms with Crippen molar-refractivity contribution in [1.29, 1.82) is 0 Å². The normalized spacial score (nSPS) is 17.1. The van der Waals surface area contributed by atoms with Crippen LogP contribution in [0.4, 0.5) is 8.78 Å². The maximum absolute atomic E-state index is 13.8. The Kier molecular flexibility index (Phi) is 3.85. The predicted molar refractivity (Wildman–Crippen MR) is 65.6 cm³/mol. The van der Waals surface area contributed by atoms with E-state index in [4.69, 9.17) is 11.6 Å². The summed E-state index contributed by atoms with van der Waals surface area (Å²) in [5.41, 5.74) is -0.525. The van der Waals surface area contributed by atoms with Crippen LogP contribution < -0.4 is 5.32 Å². The lowest BCUT2D eigenvalue weighted by atomic mass is 9.64. The molecule has 1 aliphatic rings. The van der Waals surface area contributed by atoms with Crippen molar-refractivity contribution in [3.63, 3.8) is 0 Å². The molecule has 0 unspecified atom stereocenters. The molecular formula is C13H14ClF2NO. The lowest BCUT2D eigenvalue weighted by molar-refractivity contribution is -0.119. The lowest BCUT2D eigenvalue weighted by Crippen LogP contribution is -2.47. The average molecular weight is 274 g/mol. The maximum Gasteiger partial charge on any atom is 0.234 e. The molecule has 1 amide bonds. The first-order chi connectivity index (χ1) is 8.59. The molecule has 0 radical (unpaired) electrons. The van der Waals surface area contributed by atoms with Gasteiger partial charge in [-0.05, 0) is 25.0 Å². The van der Waals surface area contributed by atoms with Crippen LogP contribution in [-0.2, 0) is 10.2 Å². The van der Waals surface area contributed by atoms with Crippen LogP contribution in [0.3, 0.4) is 0 Å². The van der Waals surface area contributed by atoms with Gasteiger partial charge in [-0.2, -0.15) is 0 Å². The Labute approximate surface area is 109 Å². The molecule has 18 heavy (non-hydrogen) atoms. The molecule has 0 spiro atoms. The summed E-state index contributed by atoms with van der Waals surface area (Å²) in [4.78, 5) is 11.2. The van der Waals surface area contributed by atoms with E-state index in [0.29, 0.717) is 12.8 Å². The van der Waals surface area contributed by atoms with Gasteiger partial charge in [0.2, 0.25) is 5.91 Å².